The van der Waals surface area contributed by atoms with Gasteiger partial charge in [0.25, 0.3) is 0 Å². The molecule has 7 heteroatoms. The molecule has 0 amide bonds. The standard InChI is InChI=1S/C21H25N5O.HI/c1-22-21(23-13-14-26(2)19-11-7-4-8-12-19)24-15-18-16-27-20(25-18)17-9-5-3-6-10-17;/h3-12,16H,13-15H2,1-2H3,(H2,22,23,24);1H. The Morgan fingerprint density at radius 2 is 1.71 bits per heavy atom. The van der Waals surface area contributed by atoms with Gasteiger partial charge in [-0.1, -0.05) is 36.4 Å². The Morgan fingerprint density at radius 1 is 1.04 bits per heavy atom. The molecule has 0 aliphatic rings. The zero-order valence-electron chi connectivity index (χ0n) is 16.1. The number of aromatic nitrogens is 1. The van der Waals surface area contributed by atoms with Gasteiger partial charge in [0.05, 0.1) is 12.2 Å². The molecule has 28 heavy (non-hydrogen) atoms. The fraction of sp³-hybridized carbons (Fsp3) is 0.238. The number of aliphatic imine (C=N–C) groups is 1. The van der Waals surface area contributed by atoms with E-state index in [0.29, 0.717) is 12.4 Å². The quantitative estimate of drug-likeness (QED) is 0.300. The average molecular weight is 491 g/mol. The van der Waals surface area contributed by atoms with Gasteiger partial charge in [0.2, 0.25) is 5.89 Å². The van der Waals surface area contributed by atoms with Gasteiger partial charge >= 0.3 is 0 Å². The fourth-order valence-electron chi connectivity index (χ4n) is 2.65. The number of rotatable bonds is 7. The number of oxazole rings is 1. The molecule has 6 nitrogen and oxygen atoms in total. The average Bonchev–Trinajstić information content (AvgIpc) is 3.21. The third-order valence-electron chi connectivity index (χ3n) is 4.17. The summed E-state index contributed by atoms with van der Waals surface area (Å²) in [7, 11) is 3.84. The molecule has 0 spiro atoms. The monoisotopic (exact) mass is 491 g/mol. The van der Waals surface area contributed by atoms with Gasteiger partial charge in [-0.05, 0) is 24.3 Å². The summed E-state index contributed by atoms with van der Waals surface area (Å²) >= 11 is 0. The molecule has 0 fully saturated rings. The predicted octanol–water partition coefficient (Wildman–Crippen LogP) is 3.76. The van der Waals surface area contributed by atoms with E-state index in [2.05, 4.69) is 44.7 Å². The Bertz CT molecular complexity index is 852. The van der Waals surface area contributed by atoms with E-state index in [9.17, 15) is 0 Å². The van der Waals surface area contributed by atoms with Crippen molar-refractivity contribution in [3.8, 4) is 11.5 Å². The van der Waals surface area contributed by atoms with Crippen LogP contribution in [0.2, 0.25) is 0 Å². The van der Waals surface area contributed by atoms with Gasteiger partial charge in [-0.2, -0.15) is 0 Å². The summed E-state index contributed by atoms with van der Waals surface area (Å²) in [6.07, 6.45) is 1.67. The third kappa shape index (κ3) is 6.26. The maximum absolute atomic E-state index is 5.56. The van der Waals surface area contributed by atoms with Gasteiger partial charge in [0, 0.05) is 38.4 Å². The van der Waals surface area contributed by atoms with Gasteiger partial charge < -0.3 is 20.0 Å². The van der Waals surface area contributed by atoms with Crippen molar-refractivity contribution in [2.45, 2.75) is 6.54 Å². The van der Waals surface area contributed by atoms with Crippen LogP contribution in [0.5, 0.6) is 0 Å². The predicted molar refractivity (Wildman–Crippen MR) is 125 cm³/mol. The molecule has 2 N–H and O–H groups in total. The lowest BCUT2D eigenvalue weighted by Gasteiger charge is -2.20. The van der Waals surface area contributed by atoms with Crippen molar-refractivity contribution in [1.82, 2.24) is 15.6 Å². The molecular formula is C21H26IN5O. The lowest BCUT2D eigenvalue weighted by atomic mass is 10.2. The van der Waals surface area contributed by atoms with Crippen LogP contribution in [-0.2, 0) is 6.54 Å². The van der Waals surface area contributed by atoms with E-state index in [1.54, 1.807) is 13.3 Å². The molecule has 148 valence electrons. The zero-order valence-corrected chi connectivity index (χ0v) is 18.5. The van der Waals surface area contributed by atoms with Gasteiger partial charge in [-0.25, -0.2) is 4.98 Å². The number of benzene rings is 2. The second-order valence-corrected chi connectivity index (χ2v) is 6.12. The fourth-order valence-corrected chi connectivity index (χ4v) is 2.65. The van der Waals surface area contributed by atoms with Crippen molar-refractivity contribution < 1.29 is 4.42 Å². The van der Waals surface area contributed by atoms with Crippen molar-refractivity contribution in [3.63, 3.8) is 0 Å². The number of guanidine groups is 1. The minimum atomic E-state index is 0. The van der Waals surface area contributed by atoms with E-state index >= 15 is 0 Å². The number of hydrogen-bond donors (Lipinski definition) is 2. The van der Waals surface area contributed by atoms with Crippen LogP contribution in [0.1, 0.15) is 5.69 Å². The van der Waals surface area contributed by atoms with Crippen molar-refractivity contribution in [2.75, 3.05) is 32.1 Å². The first kappa shape index (κ1) is 21.7. The third-order valence-corrected chi connectivity index (χ3v) is 4.17. The highest BCUT2D eigenvalue weighted by molar-refractivity contribution is 14.0. The highest BCUT2D eigenvalue weighted by Crippen LogP contribution is 2.17. The molecule has 0 aliphatic heterocycles. The van der Waals surface area contributed by atoms with Crippen LogP contribution >= 0.6 is 24.0 Å². The second-order valence-electron chi connectivity index (χ2n) is 6.12. The summed E-state index contributed by atoms with van der Waals surface area (Å²) in [5, 5.41) is 6.58. The van der Waals surface area contributed by atoms with Crippen LogP contribution in [-0.4, -0.2) is 38.1 Å². The normalized spacial score (nSPS) is 10.9. The minimum absolute atomic E-state index is 0. The van der Waals surface area contributed by atoms with Gasteiger partial charge in [-0.3, -0.25) is 4.99 Å². The molecular weight excluding hydrogens is 465 g/mol. The summed E-state index contributed by atoms with van der Waals surface area (Å²) < 4.78 is 5.56. The first-order valence-corrected chi connectivity index (χ1v) is 8.97. The maximum Gasteiger partial charge on any atom is 0.226 e. The number of nitrogens with zero attached hydrogens (tertiary/aromatic N) is 3. The van der Waals surface area contributed by atoms with Gasteiger partial charge in [0.15, 0.2) is 5.96 Å². The van der Waals surface area contributed by atoms with Crippen molar-refractivity contribution in [3.05, 3.63) is 72.6 Å². The smallest absolute Gasteiger partial charge is 0.226 e. The number of para-hydroxylation sites is 1. The number of anilines is 1. The van der Waals surface area contributed by atoms with Crippen molar-refractivity contribution >= 4 is 35.6 Å². The van der Waals surface area contributed by atoms with Crippen molar-refractivity contribution in [1.29, 1.82) is 0 Å². The lowest BCUT2D eigenvalue weighted by Crippen LogP contribution is -2.40. The molecule has 0 bridgehead atoms. The summed E-state index contributed by atoms with van der Waals surface area (Å²) in [6.45, 7) is 2.19. The summed E-state index contributed by atoms with van der Waals surface area (Å²) in [5.74, 6) is 1.36. The number of likely N-dealkylation sites (N-methyl/N-ethyl adjacent to an activating group) is 1. The van der Waals surface area contributed by atoms with E-state index < -0.39 is 0 Å². The van der Waals surface area contributed by atoms with Crippen LogP contribution in [0.25, 0.3) is 11.5 Å². The van der Waals surface area contributed by atoms with E-state index in [1.165, 1.54) is 5.69 Å². The molecule has 0 atom stereocenters. The Hall–Kier alpha value is -2.55. The molecule has 0 saturated heterocycles. The molecule has 0 unspecified atom stereocenters. The number of hydrogen-bond acceptors (Lipinski definition) is 4. The molecule has 3 rings (SSSR count). The molecule has 0 aliphatic carbocycles. The van der Waals surface area contributed by atoms with E-state index in [0.717, 1.165) is 30.3 Å². The van der Waals surface area contributed by atoms with E-state index in [-0.39, 0.29) is 24.0 Å². The highest BCUT2D eigenvalue weighted by Gasteiger charge is 2.07. The van der Waals surface area contributed by atoms with Crippen LogP contribution in [0.15, 0.2) is 76.3 Å². The van der Waals surface area contributed by atoms with Crippen LogP contribution < -0.4 is 15.5 Å². The second kappa shape index (κ2) is 11.3. The molecule has 1 aromatic heterocycles. The summed E-state index contributed by atoms with van der Waals surface area (Å²) in [5.41, 5.74) is 2.99. The Kier molecular flexibility index (Phi) is 8.80. The first-order valence-electron chi connectivity index (χ1n) is 8.97. The highest BCUT2D eigenvalue weighted by atomic mass is 127. The zero-order chi connectivity index (χ0) is 18.9. The molecule has 2 aromatic carbocycles. The Labute approximate surface area is 183 Å². The minimum Gasteiger partial charge on any atom is -0.444 e. The van der Waals surface area contributed by atoms with Gasteiger partial charge in [0.1, 0.15) is 6.26 Å². The summed E-state index contributed by atoms with van der Waals surface area (Å²) in [6, 6.07) is 20.2. The lowest BCUT2D eigenvalue weighted by molar-refractivity contribution is 0.572. The van der Waals surface area contributed by atoms with Gasteiger partial charge in [-0.15, -0.1) is 24.0 Å². The topological polar surface area (TPSA) is 65.7 Å². The SMILES string of the molecule is CN=C(NCCN(C)c1ccccc1)NCc1coc(-c2ccccc2)n1.I. The largest absolute Gasteiger partial charge is 0.444 e. The Morgan fingerprint density at radius 3 is 2.39 bits per heavy atom. The van der Waals surface area contributed by atoms with Crippen LogP contribution in [0, 0.1) is 0 Å². The number of halogens is 1. The van der Waals surface area contributed by atoms with E-state index in [4.69, 9.17) is 4.42 Å². The van der Waals surface area contributed by atoms with Crippen molar-refractivity contribution in [2.24, 2.45) is 4.99 Å². The molecule has 3 aromatic rings. The summed E-state index contributed by atoms with van der Waals surface area (Å²) in [4.78, 5) is 11.0. The maximum atomic E-state index is 5.56. The first-order chi connectivity index (χ1) is 13.3. The number of nitrogens with one attached hydrogen (secondary N) is 2. The Balaban J connectivity index is 0.00000280. The molecule has 0 radical (unpaired) electrons. The molecule has 1 heterocycles. The van der Waals surface area contributed by atoms with Crippen LogP contribution in [0.4, 0.5) is 5.69 Å². The van der Waals surface area contributed by atoms with Crippen LogP contribution in [0.3, 0.4) is 0 Å². The van der Waals surface area contributed by atoms with E-state index in [1.807, 2.05) is 48.5 Å². The molecule has 0 saturated carbocycles.